The first-order chi connectivity index (χ1) is 23.6. The van der Waals surface area contributed by atoms with E-state index < -0.39 is 0 Å². The van der Waals surface area contributed by atoms with Gasteiger partial charge in [-0.05, 0) is 111 Å². The van der Waals surface area contributed by atoms with Crippen LogP contribution in [0.3, 0.4) is 0 Å². The standard InChI is InChI=1S/C31H44O3.C13H24O2/c1-10-14-24-17-23(7)30(34-20-21(5)11-2)19-28(24)27(22(6)12-3)18-25-15-16-29(32-8)31(33-9)26(25)13-4;1-3-4-5-6-7-8-9-10-11-12-13(14)15-2/h13,15-19,21H,10-12,14,20H2,1-9H3;8-9H,3-7,10-12H2,1-2H3/b25-18-,26-13+,27-22-;9-8+. The second-order valence-corrected chi connectivity index (χ2v) is 12.9. The Hall–Kier alpha value is -3.47. The van der Waals surface area contributed by atoms with Gasteiger partial charge in [0.2, 0.25) is 0 Å². The maximum atomic E-state index is 10.8. The zero-order valence-corrected chi connectivity index (χ0v) is 32.9. The summed E-state index contributed by atoms with van der Waals surface area (Å²) >= 11 is 0. The molecule has 0 aliphatic carbocycles. The number of methoxy groups -OCH3 is 3. The number of hydrogen-bond acceptors (Lipinski definition) is 5. The number of allylic oxidation sites excluding steroid dienone is 4. The number of carbonyl (C=O) groups excluding carboxylic acids is 1. The van der Waals surface area contributed by atoms with Crippen LogP contribution >= 0.6 is 0 Å². The molecule has 0 aromatic heterocycles. The largest absolute Gasteiger partial charge is 0.493 e. The van der Waals surface area contributed by atoms with E-state index in [0.717, 1.165) is 72.8 Å². The molecule has 0 N–H and O–H groups in total. The van der Waals surface area contributed by atoms with E-state index in [9.17, 15) is 4.79 Å². The van der Waals surface area contributed by atoms with Gasteiger partial charge in [-0.3, -0.25) is 4.79 Å². The van der Waals surface area contributed by atoms with Crippen molar-refractivity contribution in [2.75, 3.05) is 27.9 Å². The fourth-order valence-corrected chi connectivity index (χ4v) is 5.54. The molecule has 0 amide bonds. The summed E-state index contributed by atoms with van der Waals surface area (Å²) in [5, 5.41) is 2.16. The lowest BCUT2D eigenvalue weighted by molar-refractivity contribution is -0.140. The highest BCUT2D eigenvalue weighted by Crippen LogP contribution is 2.33. The maximum Gasteiger partial charge on any atom is 0.305 e. The highest BCUT2D eigenvalue weighted by atomic mass is 16.5. The maximum absolute atomic E-state index is 10.8. The number of rotatable bonds is 20. The fourth-order valence-electron chi connectivity index (χ4n) is 5.54. The van der Waals surface area contributed by atoms with Crippen LogP contribution in [0.25, 0.3) is 17.7 Å². The van der Waals surface area contributed by atoms with Crippen molar-refractivity contribution >= 4 is 23.7 Å². The molecule has 2 aromatic carbocycles. The summed E-state index contributed by atoms with van der Waals surface area (Å²) < 4.78 is 22.1. The van der Waals surface area contributed by atoms with Gasteiger partial charge in [0, 0.05) is 11.6 Å². The first-order valence-electron chi connectivity index (χ1n) is 18.7. The molecule has 5 heteroatoms. The van der Waals surface area contributed by atoms with E-state index in [1.807, 2.05) is 13.0 Å². The van der Waals surface area contributed by atoms with Crippen molar-refractivity contribution in [3.05, 3.63) is 69.1 Å². The van der Waals surface area contributed by atoms with Gasteiger partial charge in [0.1, 0.15) is 5.75 Å². The molecular weight excluding hydrogens is 608 g/mol. The van der Waals surface area contributed by atoms with Gasteiger partial charge in [-0.1, -0.05) is 103 Å². The molecule has 0 spiro atoms. The van der Waals surface area contributed by atoms with Gasteiger partial charge in [-0.25, -0.2) is 0 Å². The molecule has 0 radical (unpaired) electrons. The van der Waals surface area contributed by atoms with Crippen molar-refractivity contribution < 1.29 is 23.7 Å². The summed E-state index contributed by atoms with van der Waals surface area (Å²) in [6.45, 7) is 18.3. The molecule has 0 bridgehead atoms. The second-order valence-electron chi connectivity index (χ2n) is 12.9. The van der Waals surface area contributed by atoms with Crippen LogP contribution in [0, 0.1) is 12.8 Å². The third-order valence-electron chi connectivity index (χ3n) is 9.00. The molecule has 274 valence electrons. The summed E-state index contributed by atoms with van der Waals surface area (Å²) in [4.78, 5) is 10.8. The molecule has 0 heterocycles. The van der Waals surface area contributed by atoms with Gasteiger partial charge in [-0.2, -0.15) is 0 Å². The van der Waals surface area contributed by atoms with E-state index in [1.165, 1.54) is 67.1 Å². The van der Waals surface area contributed by atoms with E-state index in [4.69, 9.17) is 14.2 Å². The lowest BCUT2D eigenvalue weighted by Crippen LogP contribution is -2.26. The monoisotopic (exact) mass is 677 g/mol. The van der Waals surface area contributed by atoms with Gasteiger partial charge in [0.15, 0.2) is 11.5 Å². The Kier molecular flexibility index (Phi) is 22.7. The zero-order valence-electron chi connectivity index (χ0n) is 32.9. The second kappa shape index (κ2) is 25.5. The number of benzene rings is 2. The predicted molar refractivity (Wildman–Crippen MR) is 210 cm³/mol. The van der Waals surface area contributed by atoms with Crippen LogP contribution < -0.4 is 24.6 Å². The van der Waals surface area contributed by atoms with E-state index >= 15 is 0 Å². The fraction of sp³-hybridized carbons (Fsp3) is 0.568. The van der Waals surface area contributed by atoms with Gasteiger partial charge < -0.3 is 18.9 Å². The minimum absolute atomic E-state index is 0.105. The van der Waals surface area contributed by atoms with Crippen molar-refractivity contribution in [3.63, 3.8) is 0 Å². The minimum atomic E-state index is -0.105. The van der Waals surface area contributed by atoms with Crippen molar-refractivity contribution in [3.8, 4) is 17.2 Å². The van der Waals surface area contributed by atoms with Crippen LogP contribution in [0.5, 0.6) is 17.2 Å². The Labute approximate surface area is 299 Å². The number of carbonyl (C=O) groups is 1. The SMILES string of the molecule is C/C=c1/c(OC)c(OC)cc/c1=C/C(=C(\C)CC)c1cc(OCC(C)CC)c(C)cc1CCC.CCCCCC/C=C/CCCC(=O)OC. The quantitative estimate of drug-likeness (QED) is 0.0794. The van der Waals surface area contributed by atoms with Crippen LogP contribution in [-0.4, -0.2) is 33.9 Å². The molecule has 0 aliphatic heterocycles. The van der Waals surface area contributed by atoms with Crippen molar-refractivity contribution in [2.45, 2.75) is 132 Å². The third-order valence-corrected chi connectivity index (χ3v) is 9.00. The van der Waals surface area contributed by atoms with Crippen molar-refractivity contribution in [1.82, 2.24) is 0 Å². The van der Waals surface area contributed by atoms with E-state index in [2.05, 4.69) is 95.7 Å². The van der Waals surface area contributed by atoms with Gasteiger partial charge in [0.25, 0.3) is 0 Å². The van der Waals surface area contributed by atoms with Gasteiger partial charge in [-0.15, -0.1) is 0 Å². The van der Waals surface area contributed by atoms with Crippen LogP contribution in [0.1, 0.15) is 136 Å². The Morgan fingerprint density at radius 3 is 2.16 bits per heavy atom. The number of aryl methyl sites for hydroxylation is 2. The predicted octanol–water partition coefficient (Wildman–Crippen LogP) is 10.7. The van der Waals surface area contributed by atoms with Gasteiger partial charge >= 0.3 is 5.97 Å². The molecule has 49 heavy (non-hydrogen) atoms. The lowest BCUT2D eigenvalue weighted by atomic mass is 9.90. The lowest BCUT2D eigenvalue weighted by Gasteiger charge is -2.19. The summed E-state index contributed by atoms with van der Waals surface area (Å²) in [6.07, 6.45) is 21.9. The normalized spacial score (nSPS) is 13.1. The Morgan fingerprint density at radius 2 is 1.59 bits per heavy atom. The van der Waals surface area contributed by atoms with Crippen LogP contribution in [0.15, 0.2) is 42.0 Å². The molecule has 0 saturated carbocycles. The highest BCUT2D eigenvalue weighted by molar-refractivity contribution is 5.92. The van der Waals surface area contributed by atoms with Crippen molar-refractivity contribution in [1.29, 1.82) is 0 Å². The van der Waals surface area contributed by atoms with Crippen LogP contribution in [0.4, 0.5) is 0 Å². The third kappa shape index (κ3) is 15.3. The average Bonchev–Trinajstić information content (AvgIpc) is 3.12. The van der Waals surface area contributed by atoms with E-state index in [0.29, 0.717) is 12.3 Å². The van der Waals surface area contributed by atoms with E-state index in [-0.39, 0.29) is 5.97 Å². The summed E-state index contributed by atoms with van der Waals surface area (Å²) in [6, 6.07) is 8.69. The Morgan fingerprint density at radius 1 is 0.878 bits per heavy atom. The molecule has 0 aliphatic rings. The van der Waals surface area contributed by atoms with Gasteiger partial charge in [0.05, 0.1) is 27.9 Å². The molecule has 0 saturated heterocycles. The number of esters is 1. The molecule has 2 aromatic rings. The van der Waals surface area contributed by atoms with E-state index in [1.54, 1.807) is 14.2 Å². The summed E-state index contributed by atoms with van der Waals surface area (Å²) in [5.41, 5.74) is 6.46. The number of hydrogen-bond donors (Lipinski definition) is 0. The van der Waals surface area contributed by atoms with Crippen molar-refractivity contribution in [2.24, 2.45) is 5.92 Å². The number of unbranched alkanes of at least 4 members (excludes halogenated alkanes) is 5. The molecule has 5 nitrogen and oxygen atoms in total. The molecular formula is C44H68O5. The Bertz CT molecular complexity index is 1430. The van der Waals surface area contributed by atoms with Crippen LogP contribution in [-0.2, 0) is 16.0 Å². The molecule has 1 unspecified atom stereocenters. The number of ether oxygens (including phenoxy) is 4. The Balaban J connectivity index is 0.000000673. The summed E-state index contributed by atoms with van der Waals surface area (Å²) in [7, 11) is 4.81. The molecule has 0 fully saturated rings. The molecule has 1 atom stereocenters. The topological polar surface area (TPSA) is 54.0 Å². The highest BCUT2D eigenvalue weighted by Gasteiger charge is 2.15. The summed E-state index contributed by atoms with van der Waals surface area (Å²) in [5.74, 6) is 2.92. The minimum Gasteiger partial charge on any atom is -0.493 e. The first-order valence-corrected chi connectivity index (χ1v) is 18.7. The smallest absolute Gasteiger partial charge is 0.305 e. The zero-order chi connectivity index (χ0) is 36.6. The van der Waals surface area contributed by atoms with Crippen LogP contribution in [0.2, 0.25) is 0 Å². The first kappa shape index (κ1) is 43.6. The molecule has 2 rings (SSSR count). The average molecular weight is 677 g/mol.